The van der Waals surface area contributed by atoms with Gasteiger partial charge in [0.25, 0.3) is 0 Å². The number of nitrogens with zero attached hydrogens (tertiary/aromatic N) is 3. The molecular weight excluding hydrogens is 354 g/mol. The Labute approximate surface area is 161 Å². The maximum Gasteiger partial charge on any atom is 0.159 e. The number of aromatic nitrogens is 3. The molecule has 0 atom stereocenters. The molecule has 0 saturated heterocycles. The van der Waals surface area contributed by atoms with Gasteiger partial charge in [-0.05, 0) is 23.8 Å². The summed E-state index contributed by atoms with van der Waals surface area (Å²) in [6.07, 6.45) is 0. The summed E-state index contributed by atoms with van der Waals surface area (Å²) in [4.78, 5) is 4.89. The maximum absolute atomic E-state index is 6.34. The van der Waals surface area contributed by atoms with E-state index in [4.69, 9.17) is 21.7 Å². The molecule has 5 aromatic rings. The lowest BCUT2D eigenvalue weighted by Gasteiger charge is -2.11. The number of fused-ring (bicyclic) bond motifs is 2. The standard InChI is InChI=1S/C23H16ClN3/c1-27-23-21(22(26-27)16-10-6-3-7-11-16)20(15-8-4-2-5-9-15)18-14-17(24)12-13-19(18)25-23/h2-14H,1H3. The van der Waals surface area contributed by atoms with Crippen molar-refractivity contribution in [3.05, 3.63) is 83.9 Å². The van der Waals surface area contributed by atoms with Crippen molar-refractivity contribution < 1.29 is 0 Å². The number of pyridine rings is 1. The quantitative estimate of drug-likeness (QED) is 0.376. The lowest BCUT2D eigenvalue weighted by Crippen LogP contribution is -1.93. The fraction of sp³-hybridized carbons (Fsp3) is 0.0435. The number of halogens is 1. The molecule has 3 aromatic carbocycles. The number of aryl methyl sites for hydroxylation is 1. The molecule has 0 aliphatic carbocycles. The second kappa shape index (κ2) is 6.22. The van der Waals surface area contributed by atoms with E-state index in [9.17, 15) is 0 Å². The van der Waals surface area contributed by atoms with E-state index >= 15 is 0 Å². The van der Waals surface area contributed by atoms with Crippen molar-refractivity contribution >= 4 is 33.5 Å². The Bertz CT molecular complexity index is 1280. The molecule has 0 aliphatic rings. The summed E-state index contributed by atoms with van der Waals surface area (Å²) < 4.78 is 1.86. The van der Waals surface area contributed by atoms with Gasteiger partial charge in [-0.3, -0.25) is 0 Å². The summed E-state index contributed by atoms with van der Waals surface area (Å²) >= 11 is 6.34. The summed E-state index contributed by atoms with van der Waals surface area (Å²) in [7, 11) is 1.94. The smallest absolute Gasteiger partial charge is 0.159 e. The fourth-order valence-electron chi connectivity index (χ4n) is 3.63. The van der Waals surface area contributed by atoms with Gasteiger partial charge in [-0.2, -0.15) is 5.10 Å². The lowest BCUT2D eigenvalue weighted by molar-refractivity contribution is 0.791. The van der Waals surface area contributed by atoms with E-state index in [1.54, 1.807) is 0 Å². The van der Waals surface area contributed by atoms with Gasteiger partial charge < -0.3 is 0 Å². The predicted octanol–water partition coefficient (Wildman–Crippen LogP) is 6.11. The highest BCUT2D eigenvalue weighted by Gasteiger charge is 2.20. The van der Waals surface area contributed by atoms with Crippen molar-refractivity contribution in [3.8, 4) is 22.4 Å². The third-order valence-corrected chi connectivity index (χ3v) is 5.07. The molecule has 0 aliphatic heterocycles. The van der Waals surface area contributed by atoms with Crippen molar-refractivity contribution in [2.75, 3.05) is 0 Å². The van der Waals surface area contributed by atoms with Crippen molar-refractivity contribution in [1.29, 1.82) is 0 Å². The SMILES string of the molecule is Cn1nc(-c2ccccc2)c2c(-c3ccccc3)c3cc(Cl)ccc3nc21. The van der Waals surface area contributed by atoms with Gasteiger partial charge >= 0.3 is 0 Å². The highest BCUT2D eigenvalue weighted by atomic mass is 35.5. The first-order chi connectivity index (χ1) is 13.2. The van der Waals surface area contributed by atoms with E-state index in [1.165, 1.54) is 0 Å². The van der Waals surface area contributed by atoms with Gasteiger partial charge in [0.15, 0.2) is 5.65 Å². The Kier molecular flexibility index (Phi) is 3.69. The van der Waals surface area contributed by atoms with Crippen LogP contribution in [0.4, 0.5) is 0 Å². The van der Waals surface area contributed by atoms with Crippen molar-refractivity contribution in [1.82, 2.24) is 14.8 Å². The van der Waals surface area contributed by atoms with Crippen LogP contribution in [-0.2, 0) is 7.05 Å². The summed E-state index contributed by atoms with van der Waals surface area (Å²) in [5.74, 6) is 0. The van der Waals surface area contributed by atoms with Crippen LogP contribution < -0.4 is 0 Å². The molecule has 2 heterocycles. The van der Waals surface area contributed by atoms with Crippen LogP contribution in [0.3, 0.4) is 0 Å². The van der Waals surface area contributed by atoms with Crippen LogP contribution in [0.5, 0.6) is 0 Å². The van der Waals surface area contributed by atoms with E-state index < -0.39 is 0 Å². The van der Waals surface area contributed by atoms with Gasteiger partial charge in [0.2, 0.25) is 0 Å². The van der Waals surface area contributed by atoms with Crippen LogP contribution in [0, 0.1) is 0 Å². The Balaban J connectivity index is 2.01. The van der Waals surface area contributed by atoms with E-state index in [0.717, 1.165) is 44.3 Å². The van der Waals surface area contributed by atoms with Crippen molar-refractivity contribution in [3.63, 3.8) is 0 Å². The van der Waals surface area contributed by atoms with E-state index in [2.05, 4.69) is 36.4 Å². The average Bonchev–Trinajstić information content (AvgIpc) is 3.04. The second-order valence-corrected chi connectivity index (χ2v) is 6.99. The van der Waals surface area contributed by atoms with Gasteiger partial charge in [0.05, 0.1) is 10.9 Å². The molecule has 4 heteroatoms. The van der Waals surface area contributed by atoms with Crippen molar-refractivity contribution in [2.24, 2.45) is 7.05 Å². The maximum atomic E-state index is 6.34. The van der Waals surface area contributed by atoms with Crippen LogP contribution in [0.15, 0.2) is 78.9 Å². The molecule has 0 bridgehead atoms. The minimum absolute atomic E-state index is 0.700. The first-order valence-electron chi connectivity index (χ1n) is 8.79. The molecule has 27 heavy (non-hydrogen) atoms. The number of benzene rings is 3. The lowest BCUT2D eigenvalue weighted by atomic mass is 9.95. The summed E-state index contributed by atoms with van der Waals surface area (Å²) in [5.41, 5.74) is 6.02. The van der Waals surface area contributed by atoms with E-state index in [1.807, 2.05) is 54.2 Å². The number of hydrogen-bond acceptors (Lipinski definition) is 2. The van der Waals surface area contributed by atoms with Gasteiger partial charge in [0.1, 0.15) is 5.69 Å². The zero-order valence-corrected chi connectivity index (χ0v) is 15.5. The number of rotatable bonds is 2. The molecule has 2 aromatic heterocycles. The minimum atomic E-state index is 0.700. The molecule has 0 spiro atoms. The third kappa shape index (κ3) is 2.59. The molecule has 3 nitrogen and oxygen atoms in total. The normalized spacial score (nSPS) is 11.3. The predicted molar refractivity (Wildman–Crippen MR) is 112 cm³/mol. The number of hydrogen-bond donors (Lipinski definition) is 0. The Morgan fingerprint density at radius 2 is 1.48 bits per heavy atom. The average molecular weight is 370 g/mol. The fourth-order valence-corrected chi connectivity index (χ4v) is 3.80. The molecular formula is C23H16ClN3. The topological polar surface area (TPSA) is 30.7 Å². The molecule has 130 valence electrons. The summed E-state index contributed by atoms with van der Waals surface area (Å²) in [5, 5.41) is 7.59. The van der Waals surface area contributed by atoms with E-state index in [-0.39, 0.29) is 0 Å². The van der Waals surface area contributed by atoms with Crippen LogP contribution in [0.1, 0.15) is 0 Å². The largest absolute Gasteiger partial charge is 0.250 e. The summed E-state index contributed by atoms with van der Waals surface area (Å²) in [6, 6.07) is 26.5. The first kappa shape index (κ1) is 16.0. The summed E-state index contributed by atoms with van der Waals surface area (Å²) in [6.45, 7) is 0. The van der Waals surface area contributed by atoms with Crippen LogP contribution in [0.25, 0.3) is 44.3 Å². The van der Waals surface area contributed by atoms with Crippen LogP contribution in [0.2, 0.25) is 5.02 Å². The van der Waals surface area contributed by atoms with Crippen LogP contribution >= 0.6 is 11.6 Å². The molecule has 0 saturated carbocycles. The molecule has 0 radical (unpaired) electrons. The Morgan fingerprint density at radius 1 is 0.815 bits per heavy atom. The minimum Gasteiger partial charge on any atom is -0.250 e. The molecule has 0 amide bonds. The van der Waals surface area contributed by atoms with E-state index in [0.29, 0.717) is 5.02 Å². The molecule has 5 rings (SSSR count). The van der Waals surface area contributed by atoms with Crippen molar-refractivity contribution in [2.45, 2.75) is 0 Å². The second-order valence-electron chi connectivity index (χ2n) is 6.55. The Hall–Kier alpha value is -3.17. The highest BCUT2D eigenvalue weighted by Crippen LogP contribution is 2.40. The zero-order chi connectivity index (χ0) is 18.4. The molecule has 0 unspecified atom stereocenters. The monoisotopic (exact) mass is 369 g/mol. The van der Waals surface area contributed by atoms with Crippen LogP contribution in [-0.4, -0.2) is 14.8 Å². The Morgan fingerprint density at radius 3 is 2.19 bits per heavy atom. The third-order valence-electron chi connectivity index (χ3n) is 4.83. The highest BCUT2D eigenvalue weighted by molar-refractivity contribution is 6.31. The zero-order valence-electron chi connectivity index (χ0n) is 14.7. The molecule has 0 fully saturated rings. The van der Waals surface area contributed by atoms with Gasteiger partial charge in [0, 0.05) is 28.6 Å². The molecule has 0 N–H and O–H groups in total. The van der Waals surface area contributed by atoms with Gasteiger partial charge in [-0.1, -0.05) is 72.3 Å². The first-order valence-corrected chi connectivity index (χ1v) is 9.17. The van der Waals surface area contributed by atoms with Gasteiger partial charge in [-0.25, -0.2) is 9.67 Å². The van der Waals surface area contributed by atoms with Gasteiger partial charge in [-0.15, -0.1) is 0 Å².